The molecule has 9 nitrogen and oxygen atoms in total. The van der Waals surface area contributed by atoms with Crippen LogP contribution in [0.4, 0.5) is 17.6 Å². The van der Waals surface area contributed by atoms with Crippen molar-refractivity contribution in [3.05, 3.63) is 48.2 Å². The Balaban J connectivity index is 1.52. The summed E-state index contributed by atoms with van der Waals surface area (Å²) in [5.74, 6) is -2.45. The Bertz CT molecular complexity index is 1360. The maximum atomic E-state index is 13.4. The van der Waals surface area contributed by atoms with Gasteiger partial charge in [0.15, 0.2) is 27.9 Å². The van der Waals surface area contributed by atoms with Gasteiger partial charge in [0, 0.05) is 18.3 Å². The number of nitrogens with one attached hydrogen (secondary N) is 1. The molecule has 14 heteroatoms. The van der Waals surface area contributed by atoms with E-state index in [1.807, 2.05) is 0 Å². The average molecular weight is 502 g/mol. The van der Waals surface area contributed by atoms with Crippen LogP contribution in [0.15, 0.2) is 36.7 Å². The van der Waals surface area contributed by atoms with Crippen LogP contribution in [-0.2, 0) is 9.84 Å². The minimum Gasteiger partial charge on any atom is -0.478 e. The highest BCUT2D eigenvalue weighted by molar-refractivity contribution is 7.91. The molecule has 0 aliphatic carbocycles. The van der Waals surface area contributed by atoms with E-state index < -0.39 is 45.6 Å². The molecule has 1 saturated heterocycles. The van der Waals surface area contributed by atoms with Crippen molar-refractivity contribution >= 4 is 21.3 Å². The lowest BCUT2D eigenvalue weighted by Crippen LogP contribution is -2.47. The second-order valence-electron chi connectivity index (χ2n) is 8.08. The van der Waals surface area contributed by atoms with Gasteiger partial charge in [-0.2, -0.15) is 18.3 Å². The van der Waals surface area contributed by atoms with Crippen molar-refractivity contribution in [2.24, 2.45) is 0 Å². The second-order valence-corrected chi connectivity index (χ2v) is 10.3. The SMILES string of the molecule is C[C@@]1(NC(=O)c2cc3cc(Oc4ncc(F)cc4OCC(F)(F)F)ccn3n2)CCS(=O)(=O)C1. The van der Waals surface area contributed by atoms with Gasteiger partial charge in [-0.15, -0.1) is 0 Å². The van der Waals surface area contributed by atoms with Crippen molar-refractivity contribution < 1.29 is 40.2 Å². The number of carbonyl (C=O) groups is 1. The van der Waals surface area contributed by atoms with E-state index in [0.717, 1.165) is 12.3 Å². The van der Waals surface area contributed by atoms with Crippen LogP contribution < -0.4 is 14.8 Å². The summed E-state index contributed by atoms with van der Waals surface area (Å²) in [6, 6.07) is 4.99. The lowest BCUT2D eigenvalue weighted by molar-refractivity contribution is -0.153. The molecule has 0 bridgehead atoms. The summed E-state index contributed by atoms with van der Waals surface area (Å²) in [4.78, 5) is 16.3. The summed E-state index contributed by atoms with van der Waals surface area (Å²) in [6.07, 6.45) is -2.16. The molecule has 182 valence electrons. The predicted octanol–water partition coefficient (Wildman–Crippen LogP) is 2.91. The minimum absolute atomic E-state index is 0.0122. The van der Waals surface area contributed by atoms with E-state index in [2.05, 4.69) is 20.1 Å². The van der Waals surface area contributed by atoms with E-state index in [1.54, 1.807) is 6.92 Å². The zero-order chi connectivity index (χ0) is 24.7. The Morgan fingerprint density at radius 1 is 1.29 bits per heavy atom. The largest absolute Gasteiger partial charge is 0.478 e. The smallest absolute Gasteiger partial charge is 0.422 e. The van der Waals surface area contributed by atoms with E-state index in [0.29, 0.717) is 5.52 Å². The lowest BCUT2D eigenvalue weighted by atomic mass is 10.0. The fraction of sp³-hybridized carbons (Fsp3) is 0.350. The summed E-state index contributed by atoms with van der Waals surface area (Å²) in [6.45, 7) is -0.0137. The number of hydrogen-bond donors (Lipinski definition) is 1. The van der Waals surface area contributed by atoms with Gasteiger partial charge in [0.2, 0.25) is 0 Å². The van der Waals surface area contributed by atoms with Crippen molar-refractivity contribution in [2.75, 3.05) is 18.1 Å². The van der Waals surface area contributed by atoms with Crippen LogP contribution >= 0.6 is 0 Å². The highest BCUT2D eigenvalue weighted by atomic mass is 32.2. The molecular formula is C20H18F4N4O5S. The van der Waals surface area contributed by atoms with Gasteiger partial charge in [-0.3, -0.25) is 4.79 Å². The first kappa shape index (κ1) is 23.7. The van der Waals surface area contributed by atoms with Crippen molar-refractivity contribution in [3.63, 3.8) is 0 Å². The number of alkyl halides is 3. The summed E-state index contributed by atoms with van der Waals surface area (Å²) < 4.78 is 85.8. The Kier molecular flexibility index (Phi) is 5.87. The summed E-state index contributed by atoms with van der Waals surface area (Å²) in [5, 5.41) is 6.84. The number of ether oxygens (including phenoxy) is 2. The van der Waals surface area contributed by atoms with Crippen LogP contribution in [0.25, 0.3) is 5.52 Å². The van der Waals surface area contributed by atoms with Crippen LogP contribution in [0.3, 0.4) is 0 Å². The minimum atomic E-state index is -4.64. The first-order valence-electron chi connectivity index (χ1n) is 9.86. The number of carbonyl (C=O) groups excluding carboxylic acids is 1. The molecule has 1 N–H and O–H groups in total. The quantitative estimate of drug-likeness (QED) is 0.516. The van der Waals surface area contributed by atoms with Gasteiger partial charge in [0.1, 0.15) is 11.6 Å². The first-order chi connectivity index (χ1) is 15.8. The number of aromatic nitrogens is 3. The number of amides is 1. The topological polar surface area (TPSA) is 112 Å². The third-order valence-electron chi connectivity index (χ3n) is 4.98. The number of sulfone groups is 1. The van der Waals surface area contributed by atoms with Crippen LogP contribution in [0.5, 0.6) is 17.4 Å². The van der Waals surface area contributed by atoms with Crippen LogP contribution in [0.2, 0.25) is 0 Å². The zero-order valence-electron chi connectivity index (χ0n) is 17.6. The molecule has 1 fully saturated rings. The maximum absolute atomic E-state index is 13.4. The number of rotatable bonds is 6. The van der Waals surface area contributed by atoms with E-state index in [-0.39, 0.29) is 35.2 Å². The first-order valence-corrected chi connectivity index (χ1v) is 11.7. The lowest BCUT2D eigenvalue weighted by Gasteiger charge is -2.23. The van der Waals surface area contributed by atoms with Crippen LogP contribution in [0, 0.1) is 5.82 Å². The van der Waals surface area contributed by atoms with E-state index in [1.165, 1.54) is 28.9 Å². The third-order valence-corrected chi connectivity index (χ3v) is 6.88. The molecule has 0 unspecified atom stereocenters. The van der Waals surface area contributed by atoms with Gasteiger partial charge < -0.3 is 14.8 Å². The molecule has 0 spiro atoms. The van der Waals surface area contributed by atoms with E-state index >= 15 is 0 Å². The molecule has 3 aromatic heterocycles. The van der Waals surface area contributed by atoms with Gasteiger partial charge in [0.05, 0.1) is 28.8 Å². The van der Waals surface area contributed by atoms with Gasteiger partial charge in [-0.1, -0.05) is 0 Å². The standard InChI is InChI=1S/C20H18F4N4O5S/c1-19(3-5-34(30,31)11-19)26-17(29)15-8-13-7-14(2-4-28(13)27-15)33-18-16(6-12(21)9-25-18)32-10-20(22,23)24/h2,4,6-9H,3,5,10-11H2,1H3,(H,26,29)/t19-/m1/s1. The Morgan fingerprint density at radius 3 is 2.74 bits per heavy atom. The number of halogens is 4. The summed E-state index contributed by atoms with van der Waals surface area (Å²) in [7, 11) is -3.22. The number of pyridine rings is 2. The van der Waals surface area contributed by atoms with Crippen LogP contribution in [-0.4, -0.2) is 58.8 Å². The van der Waals surface area contributed by atoms with Gasteiger partial charge in [-0.25, -0.2) is 22.3 Å². The molecule has 4 heterocycles. The van der Waals surface area contributed by atoms with E-state index in [9.17, 15) is 30.8 Å². The average Bonchev–Trinajstić information content (AvgIpc) is 3.27. The van der Waals surface area contributed by atoms with Gasteiger partial charge in [-0.05, 0) is 25.5 Å². The molecule has 0 radical (unpaired) electrons. The Morgan fingerprint density at radius 2 is 2.06 bits per heavy atom. The molecule has 1 atom stereocenters. The molecule has 1 aliphatic rings. The summed E-state index contributed by atoms with van der Waals surface area (Å²) >= 11 is 0. The third kappa shape index (κ3) is 5.55. The van der Waals surface area contributed by atoms with Crippen molar-refractivity contribution in [2.45, 2.75) is 25.1 Å². The van der Waals surface area contributed by atoms with Crippen molar-refractivity contribution in [1.29, 1.82) is 0 Å². The molecule has 0 saturated carbocycles. The van der Waals surface area contributed by atoms with Crippen molar-refractivity contribution in [3.8, 4) is 17.4 Å². The molecule has 4 rings (SSSR count). The van der Waals surface area contributed by atoms with Crippen LogP contribution in [0.1, 0.15) is 23.8 Å². The highest BCUT2D eigenvalue weighted by Crippen LogP contribution is 2.32. The number of nitrogens with zero attached hydrogens (tertiary/aromatic N) is 3. The van der Waals surface area contributed by atoms with Gasteiger partial charge >= 0.3 is 6.18 Å². The molecule has 1 amide bonds. The van der Waals surface area contributed by atoms with Crippen molar-refractivity contribution in [1.82, 2.24) is 19.9 Å². The number of fused-ring (bicyclic) bond motifs is 1. The fourth-order valence-corrected chi connectivity index (χ4v) is 5.55. The molecule has 0 aromatic carbocycles. The monoisotopic (exact) mass is 502 g/mol. The maximum Gasteiger partial charge on any atom is 0.422 e. The molecule has 3 aromatic rings. The highest BCUT2D eigenvalue weighted by Gasteiger charge is 2.40. The number of hydrogen-bond acceptors (Lipinski definition) is 7. The predicted molar refractivity (Wildman–Crippen MR) is 110 cm³/mol. The summed E-state index contributed by atoms with van der Waals surface area (Å²) in [5.41, 5.74) is -0.482. The normalized spacial score (nSPS) is 19.8. The molecule has 34 heavy (non-hydrogen) atoms. The zero-order valence-corrected chi connectivity index (χ0v) is 18.4. The second kappa shape index (κ2) is 8.42. The molecular weight excluding hydrogens is 484 g/mol. The Hall–Kier alpha value is -3.42. The molecule has 1 aliphatic heterocycles. The van der Waals surface area contributed by atoms with E-state index in [4.69, 9.17) is 4.74 Å². The van der Waals surface area contributed by atoms with Gasteiger partial charge in [0.25, 0.3) is 11.8 Å². The Labute approximate surface area is 190 Å². The fourth-order valence-electron chi connectivity index (χ4n) is 3.46.